The molecule has 0 radical (unpaired) electrons. The van der Waals surface area contributed by atoms with E-state index in [1.54, 1.807) is 11.2 Å². The maximum atomic E-state index is 12.8. The topological polar surface area (TPSA) is 69.7 Å². The fraction of sp³-hybridized carbons (Fsp3) is 0.632. The van der Waals surface area contributed by atoms with E-state index in [2.05, 4.69) is 22.3 Å². The fourth-order valence-electron chi connectivity index (χ4n) is 3.89. The van der Waals surface area contributed by atoms with Crippen LogP contribution < -0.4 is 5.32 Å². The van der Waals surface area contributed by atoms with Crippen LogP contribution in [0.15, 0.2) is 30.3 Å². The van der Waals surface area contributed by atoms with Crippen molar-refractivity contribution in [2.75, 3.05) is 25.4 Å². The van der Waals surface area contributed by atoms with Crippen LogP contribution in [0, 0.1) is 0 Å². The molecule has 2 aliphatic rings. The molecule has 0 bridgehead atoms. The van der Waals surface area contributed by atoms with Gasteiger partial charge in [-0.2, -0.15) is 0 Å². The first kappa shape index (κ1) is 19.3. The highest BCUT2D eigenvalue weighted by Gasteiger charge is 2.33. The SMILES string of the molecule is CCS(=O)(=O)N1CCC(NC(=O)[C@@H]2CCCN2Cc2ccccc2)CC1. The number of piperidine rings is 1. The number of carbonyl (C=O) groups excluding carboxylic acids is 1. The minimum absolute atomic E-state index is 0.0741. The van der Waals surface area contributed by atoms with E-state index in [1.165, 1.54) is 5.56 Å². The van der Waals surface area contributed by atoms with Crippen LogP contribution in [-0.2, 0) is 21.4 Å². The molecule has 1 aromatic rings. The average molecular weight is 380 g/mol. The Morgan fingerprint density at radius 1 is 1.12 bits per heavy atom. The van der Waals surface area contributed by atoms with Gasteiger partial charge in [0.05, 0.1) is 11.8 Å². The van der Waals surface area contributed by atoms with Crippen molar-refractivity contribution in [2.24, 2.45) is 0 Å². The molecular weight excluding hydrogens is 350 g/mol. The largest absolute Gasteiger partial charge is 0.352 e. The lowest BCUT2D eigenvalue weighted by molar-refractivity contribution is -0.126. The summed E-state index contributed by atoms with van der Waals surface area (Å²) in [6, 6.07) is 10.2. The summed E-state index contributed by atoms with van der Waals surface area (Å²) >= 11 is 0. The summed E-state index contributed by atoms with van der Waals surface area (Å²) in [7, 11) is -3.12. The van der Waals surface area contributed by atoms with Gasteiger partial charge in [0.15, 0.2) is 0 Å². The number of benzene rings is 1. The summed E-state index contributed by atoms with van der Waals surface area (Å²) in [5.74, 6) is 0.232. The van der Waals surface area contributed by atoms with Crippen molar-refractivity contribution in [3.8, 4) is 0 Å². The maximum Gasteiger partial charge on any atom is 0.237 e. The van der Waals surface area contributed by atoms with Gasteiger partial charge in [-0.15, -0.1) is 0 Å². The Labute approximate surface area is 156 Å². The number of sulfonamides is 1. The van der Waals surface area contributed by atoms with Crippen LogP contribution in [0.2, 0.25) is 0 Å². The summed E-state index contributed by atoms with van der Waals surface area (Å²) in [5.41, 5.74) is 1.23. The van der Waals surface area contributed by atoms with E-state index >= 15 is 0 Å². The van der Waals surface area contributed by atoms with Crippen LogP contribution in [0.3, 0.4) is 0 Å². The first-order valence-corrected chi connectivity index (χ1v) is 11.2. The maximum absolute atomic E-state index is 12.8. The van der Waals surface area contributed by atoms with E-state index < -0.39 is 10.0 Å². The quantitative estimate of drug-likeness (QED) is 0.815. The molecule has 0 aromatic heterocycles. The molecule has 0 aliphatic carbocycles. The summed E-state index contributed by atoms with van der Waals surface area (Å²) in [5, 5.41) is 3.16. The van der Waals surface area contributed by atoms with Crippen molar-refractivity contribution in [3.05, 3.63) is 35.9 Å². The van der Waals surface area contributed by atoms with Crippen LogP contribution in [0.4, 0.5) is 0 Å². The summed E-state index contributed by atoms with van der Waals surface area (Å²) in [6.45, 7) is 4.41. The molecule has 0 saturated carbocycles. The molecular formula is C19H29N3O3S. The van der Waals surface area contributed by atoms with E-state index in [0.717, 1.165) is 25.9 Å². The van der Waals surface area contributed by atoms with E-state index in [0.29, 0.717) is 25.9 Å². The monoisotopic (exact) mass is 379 g/mol. The Morgan fingerprint density at radius 3 is 2.46 bits per heavy atom. The third kappa shape index (κ3) is 4.64. The van der Waals surface area contributed by atoms with Crippen LogP contribution in [0.5, 0.6) is 0 Å². The molecule has 7 heteroatoms. The molecule has 2 saturated heterocycles. The van der Waals surface area contributed by atoms with Crippen molar-refractivity contribution < 1.29 is 13.2 Å². The second kappa shape index (κ2) is 8.50. The van der Waals surface area contributed by atoms with E-state index in [-0.39, 0.29) is 23.7 Å². The Bertz CT molecular complexity index is 700. The summed E-state index contributed by atoms with van der Waals surface area (Å²) in [6.07, 6.45) is 3.31. The van der Waals surface area contributed by atoms with E-state index in [1.807, 2.05) is 18.2 Å². The van der Waals surface area contributed by atoms with Crippen molar-refractivity contribution in [1.29, 1.82) is 0 Å². The van der Waals surface area contributed by atoms with Crippen LogP contribution >= 0.6 is 0 Å². The molecule has 2 heterocycles. The highest BCUT2D eigenvalue weighted by molar-refractivity contribution is 7.89. The van der Waals surface area contributed by atoms with Gasteiger partial charge < -0.3 is 5.32 Å². The number of nitrogens with zero attached hydrogens (tertiary/aromatic N) is 2. The molecule has 1 aromatic carbocycles. The first-order chi connectivity index (χ1) is 12.5. The Morgan fingerprint density at radius 2 is 1.81 bits per heavy atom. The normalized spacial score (nSPS) is 23.2. The van der Waals surface area contributed by atoms with Crippen LogP contribution in [0.1, 0.15) is 38.2 Å². The van der Waals surface area contributed by atoms with Gasteiger partial charge in [0.25, 0.3) is 0 Å². The number of likely N-dealkylation sites (tertiary alicyclic amines) is 1. The Balaban J connectivity index is 1.52. The van der Waals surface area contributed by atoms with E-state index in [4.69, 9.17) is 0 Å². The number of amides is 1. The van der Waals surface area contributed by atoms with Crippen molar-refractivity contribution >= 4 is 15.9 Å². The lowest BCUT2D eigenvalue weighted by atomic mass is 10.1. The second-order valence-corrected chi connectivity index (χ2v) is 9.45. The molecule has 0 unspecified atom stereocenters. The molecule has 1 amide bonds. The number of hydrogen-bond acceptors (Lipinski definition) is 4. The second-order valence-electron chi connectivity index (χ2n) is 7.20. The highest BCUT2D eigenvalue weighted by Crippen LogP contribution is 2.21. The minimum Gasteiger partial charge on any atom is -0.352 e. The summed E-state index contributed by atoms with van der Waals surface area (Å²) < 4.78 is 25.4. The molecule has 3 rings (SSSR count). The first-order valence-electron chi connectivity index (χ1n) is 9.56. The molecule has 0 spiro atoms. The number of carbonyl (C=O) groups is 1. The minimum atomic E-state index is -3.12. The zero-order valence-electron chi connectivity index (χ0n) is 15.4. The standard InChI is InChI=1S/C19H29N3O3S/c1-2-26(24,25)22-13-10-17(11-14-22)20-19(23)18-9-6-12-21(18)15-16-7-4-3-5-8-16/h3-5,7-8,17-18H,2,6,9-15H2,1H3,(H,20,23)/t18-/m0/s1. The van der Waals surface area contributed by atoms with Gasteiger partial charge in [-0.3, -0.25) is 9.69 Å². The van der Waals surface area contributed by atoms with Gasteiger partial charge in [-0.05, 0) is 44.7 Å². The van der Waals surface area contributed by atoms with Crippen molar-refractivity contribution in [2.45, 2.75) is 51.2 Å². The average Bonchev–Trinajstić information content (AvgIpc) is 3.11. The zero-order chi connectivity index (χ0) is 18.6. The fourth-order valence-corrected chi connectivity index (χ4v) is 5.02. The zero-order valence-corrected chi connectivity index (χ0v) is 16.2. The lowest BCUT2D eigenvalue weighted by Crippen LogP contribution is -2.51. The molecule has 2 fully saturated rings. The van der Waals surface area contributed by atoms with Gasteiger partial charge in [0.2, 0.25) is 15.9 Å². The van der Waals surface area contributed by atoms with Crippen molar-refractivity contribution in [3.63, 3.8) is 0 Å². The van der Waals surface area contributed by atoms with E-state index in [9.17, 15) is 13.2 Å². The van der Waals surface area contributed by atoms with Gasteiger partial charge >= 0.3 is 0 Å². The van der Waals surface area contributed by atoms with Crippen LogP contribution in [-0.4, -0.2) is 61.0 Å². The highest BCUT2D eigenvalue weighted by atomic mass is 32.2. The molecule has 6 nitrogen and oxygen atoms in total. The van der Waals surface area contributed by atoms with Gasteiger partial charge in [-0.1, -0.05) is 30.3 Å². The van der Waals surface area contributed by atoms with Gasteiger partial charge in [0, 0.05) is 25.7 Å². The Kier molecular flexibility index (Phi) is 6.32. The number of hydrogen-bond donors (Lipinski definition) is 1. The number of rotatable bonds is 6. The predicted octanol–water partition coefficient (Wildman–Crippen LogP) is 1.58. The lowest BCUT2D eigenvalue weighted by Gasteiger charge is -2.33. The van der Waals surface area contributed by atoms with Crippen LogP contribution in [0.25, 0.3) is 0 Å². The molecule has 1 N–H and O–H groups in total. The Hall–Kier alpha value is -1.44. The third-order valence-corrected chi connectivity index (χ3v) is 7.33. The van der Waals surface area contributed by atoms with Crippen molar-refractivity contribution in [1.82, 2.24) is 14.5 Å². The molecule has 26 heavy (non-hydrogen) atoms. The third-order valence-electron chi connectivity index (χ3n) is 5.45. The van der Waals surface area contributed by atoms with Gasteiger partial charge in [0.1, 0.15) is 0 Å². The molecule has 144 valence electrons. The number of nitrogens with one attached hydrogen (secondary N) is 1. The smallest absolute Gasteiger partial charge is 0.237 e. The summed E-state index contributed by atoms with van der Waals surface area (Å²) in [4.78, 5) is 15.0. The molecule has 2 aliphatic heterocycles. The molecule has 1 atom stereocenters. The predicted molar refractivity (Wildman–Crippen MR) is 102 cm³/mol. The van der Waals surface area contributed by atoms with Gasteiger partial charge in [-0.25, -0.2) is 12.7 Å².